The average molecular weight is 297 g/mol. The molecule has 0 fully saturated rings. The number of aliphatic hydroxyl groups excluding tert-OH is 2. The van der Waals surface area contributed by atoms with E-state index in [4.69, 9.17) is 0 Å². The van der Waals surface area contributed by atoms with E-state index < -0.39 is 12.0 Å². The van der Waals surface area contributed by atoms with Gasteiger partial charge in [-0.15, -0.1) is 0 Å². The van der Waals surface area contributed by atoms with Crippen molar-refractivity contribution >= 4 is 11.6 Å². The van der Waals surface area contributed by atoms with Gasteiger partial charge in [0.15, 0.2) is 0 Å². The molecule has 0 bridgehead atoms. The summed E-state index contributed by atoms with van der Waals surface area (Å²) in [5.74, 6) is -0.607. The lowest BCUT2D eigenvalue weighted by Gasteiger charge is -2.32. The predicted octanol–water partition coefficient (Wildman–Crippen LogP) is 1.72. The van der Waals surface area contributed by atoms with Crippen LogP contribution in [0.4, 0.5) is 5.69 Å². The summed E-state index contributed by atoms with van der Waals surface area (Å²) in [6, 6.07) is 10.3. The van der Waals surface area contributed by atoms with Crippen LogP contribution in [0.5, 0.6) is 0 Å². The zero-order valence-electron chi connectivity index (χ0n) is 11.9. The van der Waals surface area contributed by atoms with Crippen molar-refractivity contribution in [3.63, 3.8) is 0 Å². The molecular weight excluding hydrogens is 282 g/mol. The molecule has 0 saturated carbocycles. The molecule has 1 unspecified atom stereocenters. The Bertz CT molecular complexity index is 743. The van der Waals surface area contributed by atoms with E-state index in [0.29, 0.717) is 16.8 Å². The van der Waals surface area contributed by atoms with Crippen LogP contribution in [-0.4, -0.2) is 28.2 Å². The summed E-state index contributed by atoms with van der Waals surface area (Å²) in [5, 5.41) is 23.3. The number of nitrogens with zero attached hydrogens (tertiary/aromatic N) is 2. The van der Waals surface area contributed by atoms with E-state index in [-0.39, 0.29) is 11.6 Å². The fourth-order valence-electron chi connectivity index (χ4n) is 2.42. The van der Waals surface area contributed by atoms with Crippen LogP contribution in [0.25, 0.3) is 0 Å². The Labute approximate surface area is 127 Å². The Balaban J connectivity index is 1.94. The highest BCUT2D eigenvalue weighted by atomic mass is 16.3. The molecule has 112 valence electrons. The smallest absolute Gasteiger partial charge is 0.255 e. The molecule has 3 N–H and O–H groups in total. The minimum absolute atomic E-state index is 0.0583. The van der Waals surface area contributed by atoms with E-state index in [2.05, 4.69) is 10.3 Å². The van der Waals surface area contributed by atoms with Gasteiger partial charge in [-0.25, -0.2) is 0 Å². The van der Waals surface area contributed by atoms with Crippen LogP contribution in [0, 0.1) is 0 Å². The van der Waals surface area contributed by atoms with Crippen LogP contribution in [-0.2, 0) is 0 Å². The lowest BCUT2D eigenvalue weighted by Crippen LogP contribution is -2.35. The number of hydrogen-bond donors (Lipinski definition) is 3. The predicted molar refractivity (Wildman–Crippen MR) is 81.2 cm³/mol. The van der Waals surface area contributed by atoms with Gasteiger partial charge in [-0.1, -0.05) is 18.2 Å². The molecular formula is C16H15N3O3. The third kappa shape index (κ3) is 2.29. The van der Waals surface area contributed by atoms with Crippen LogP contribution >= 0.6 is 0 Å². The molecule has 3 rings (SSSR count). The number of para-hydroxylation sites is 1. The molecule has 6 heteroatoms. The van der Waals surface area contributed by atoms with Crippen molar-refractivity contribution < 1.29 is 15.0 Å². The van der Waals surface area contributed by atoms with Gasteiger partial charge in [-0.05, 0) is 18.2 Å². The van der Waals surface area contributed by atoms with Gasteiger partial charge in [-0.2, -0.15) is 0 Å². The summed E-state index contributed by atoms with van der Waals surface area (Å²) in [6.45, 7) is 0. The fraction of sp³-hybridized carbons (Fsp3) is 0.125. The highest BCUT2D eigenvalue weighted by molar-refractivity contribution is 5.95. The highest BCUT2D eigenvalue weighted by Crippen LogP contribution is 2.36. The van der Waals surface area contributed by atoms with E-state index in [1.54, 1.807) is 37.4 Å². The van der Waals surface area contributed by atoms with Gasteiger partial charge >= 0.3 is 0 Å². The van der Waals surface area contributed by atoms with E-state index in [0.717, 1.165) is 0 Å². The minimum atomic E-state index is -1.10. The lowest BCUT2D eigenvalue weighted by atomic mass is 10.00. The van der Waals surface area contributed by atoms with Gasteiger partial charge in [0, 0.05) is 36.3 Å². The second-order valence-corrected chi connectivity index (χ2v) is 4.95. The molecule has 0 aliphatic carbocycles. The van der Waals surface area contributed by atoms with Crippen molar-refractivity contribution in [2.45, 2.75) is 6.10 Å². The van der Waals surface area contributed by atoms with Crippen molar-refractivity contribution in [1.29, 1.82) is 0 Å². The maximum absolute atomic E-state index is 12.2. The number of aromatic nitrogens is 1. The summed E-state index contributed by atoms with van der Waals surface area (Å²) in [6.07, 6.45) is 1.90. The standard InChI is InChI=1S/C16H15N3O3/c1-19-12-5-3-2-4-11(12)14(20)13(16(19)22)18-15(21)10-6-8-17-9-7-10/h2-9,14,20,22H,1H3,(H,18,21). The summed E-state index contributed by atoms with van der Waals surface area (Å²) < 4.78 is 0. The van der Waals surface area contributed by atoms with Crippen LogP contribution in [0.2, 0.25) is 0 Å². The maximum Gasteiger partial charge on any atom is 0.255 e. The molecule has 0 saturated heterocycles. The monoisotopic (exact) mass is 297 g/mol. The number of aliphatic hydroxyl groups is 2. The van der Waals surface area contributed by atoms with Crippen LogP contribution in [0.3, 0.4) is 0 Å². The summed E-state index contributed by atoms with van der Waals surface area (Å²) >= 11 is 0. The van der Waals surface area contributed by atoms with Crippen molar-refractivity contribution in [3.8, 4) is 0 Å². The van der Waals surface area contributed by atoms with Crippen molar-refractivity contribution in [2.24, 2.45) is 0 Å². The Morgan fingerprint density at radius 3 is 2.64 bits per heavy atom. The fourth-order valence-corrected chi connectivity index (χ4v) is 2.42. The molecule has 22 heavy (non-hydrogen) atoms. The molecule has 2 heterocycles. The third-order valence-electron chi connectivity index (χ3n) is 3.62. The number of amides is 1. The molecule has 6 nitrogen and oxygen atoms in total. The topological polar surface area (TPSA) is 85.7 Å². The number of hydrogen-bond acceptors (Lipinski definition) is 5. The van der Waals surface area contributed by atoms with E-state index in [9.17, 15) is 15.0 Å². The number of rotatable bonds is 2. The van der Waals surface area contributed by atoms with Crippen LogP contribution in [0.15, 0.2) is 60.4 Å². The number of pyridine rings is 1. The third-order valence-corrected chi connectivity index (χ3v) is 3.62. The van der Waals surface area contributed by atoms with Gasteiger partial charge < -0.3 is 20.4 Å². The molecule has 1 amide bonds. The molecule has 1 aromatic carbocycles. The van der Waals surface area contributed by atoms with Gasteiger partial charge in [0.25, 0.3) is 5.91 Å². The van der Waals surface area contributed by atoms with Crippen molar-refractivity contribution in [1.82, 2.24) is 10.3 Å². The number of nitrogens with one attached hydrogen (secondary N) is 1. The number of carbonyl (C=O) groups excluding carboxylic acids is 1. The molecule has 0 radical (unpaired) electrons. The van der Waals surface area contributed by atoms with Gasteiger partial charge in [0.2, 0.25) is 5.88 Å². The lowest BCUT2D eigenvalue weighted by molar-refractivity contribution is 0.0940. The largest absolute Gasteiger partial charge is 0.493 e. The molecule has 2 aromatic rings. The van der Waals surface area contributed by atoms with Crippen LogP contribution in [0.1, 0.15) is 22.0 Å². The van der Waals surface area contributed by atoms with Gasteiger partial charge in [-0.3, -0.25) is 9.78 Å². The Hall–Kier alpha value is -2.86. The molecule has 1 atom stereocenters. The summed E-state index contributed by atoms with van der Waals surface area (Å²) in [4.78, 5) is 17.6. The number of benzene rings is 1. The first kappa shape index (κ1) is 14.1. The van der Waals surface area contributed by atoms with E-state index in [1.165, 1.54) is 17.3 Å². The summed E-state index contributed by atoms with van der Waals surface area (Å²) in [5.41, 5.74) is 1.76. The normalized spacial score (nSPS) is 17.2. The van der Waals surface area contributed by atoms with Crippen molar-refractivity contribution in [2.75, 3.05) is 11.9 Å². The van der Waals surface area contributed by atoms with Gasteiger partial charge in [0.05, 0.1) is 0 Å². The Kier molecular flexibility index (Phi) is 3.52. The highest BCUT2D eigenvalue weighted by Gasteiger charge is 2.31. The second-order valence-electron chi connectivity index (χ2n) is 4.95. The zero-order chi connectivity index (χ0) is 15.7. The van der Waals surface area contributed by atoms with Crippen molar-refractivity contribution in [3.05, 3.63) is 71.5 Å². The first-order valence-electron chi connectivity index (χ1n) is 6.75. The van der Waals surface area contributed by atoms with E-state index in [1.807, 2.05) is 6.07 Å². The van der Waals surface area contributed by atoms with Crippen LogP contribution < -0.4 is 10.2 Å². The van der Waals surface area contributed by atoms with Gasteiger partial charge in [0.1, 0.15) is 11.8 Å². The molecule has 1 aromatic heterocycles. The summed E-state index contributed by atoms with van der Waals surface area (Å²) in [7, 11) is 1.67. The molecule has 1 aliphatic heterocycles. The quantitative estimate of drug-likeness (QED) is 0.786. The minimum Gasteiger partial charge on any atom is -0.493 e. The molecule has 0 spiro atoms. The Morgan fingerprint density at radius 1 is 1.23 bits per heavy atom. The maximum atomic E-state index is 12.2. The SMILES string of the molecule is CN1C(O)=C(NC(=O)c2ccncc2)C(O)c2ccccc21. The Morgan fingerprint density at radius 2 is 1.91 bits per heavy atom. The number of carbonyl (C=O) groups is 1. The number of fused-ring (bicyclic) bond motifs is 1. The van der Waals surface area contributed by atoms with E-state index >= 15 is 0 Å². The second kappa shape index (κ2) is 5.50. The average Bonchev–Trinajstić information content (AvgIpc) is 2.57. The molecule has 1 aliphatic rings. The number of anilines is 1. The first-order valence-corrected chi connectivity index (χ1v) is 6.75. The zero-order valence-corrected chi connectivity index (χ0v) is 11.9. The first-order chi connectivity index (χ1) is 10.6.